The predicted molar refractivity (Wildman–Crippen MR) is 142 cm³/mol. The van der Waals surface area contributed by atoms with Gasteiger partial charge in [-0.15, -0.1) is 0 Å². The van der Waals surface area contributed by atoms with E-state index in [-0.39, 0.29) is 47.2 Å². The standard InChI is InChI=1S/C25H46P2.2CH3.Ni/c1-5-13-22(14-6-1)26(23-15-7-2-8-16-23)21-27(24-17-9-3-10-18-24)25-19-11-4-12-20-25;;;/h22-25H,1-21H2;2*1H3;/q;2*-1;+2/p+2. The summed E-state index contributed by atoms with van der Waals surface area (Å²) in [6, 6.07) is 0. The predicted octanol–water partition coefficient (Wildman–Crippen LogP) is 9.60. The second kappa shape index (κ2) is 16.1. The first-order chi connectivity index (χ1) is 13.4. The van der Waals surface area contributed by atoms with Crippen molar-refractivity contribution in [2.75, 3.05) is 5.90 Å². The molecule has 30 heavy (non-hydrogen) atoms. The molecular weight excluding hydrogens is 445 g/mol. The Morgan fingerprint density at radius 3 is 0.767 bits per heavy atom. The molecular formula is C27H54NiP2+2. The Hall–Kier alpha value is 1.35. The van der Waals surface area contributed by atoms with Crippen molar-refractivity contribution in [2.24, 2.45) is 0 Å². The van der Waals surface area contributed by atoms with E-state index in [1.165, 1.54) is 22.6 Å². The smallest absolute Gasteiger partial charge is 0.358 e. The van der Waals surface area contributed by atoms with Crippen molar-refractivity contribution in [2.45, 2.75) is 151 Å². The van der Waals surface area contributed by atoms with Gasteiger partial charge in [-0.25, -0.2) is 0 Å². The van der Waals surface area contributed by atoms with Gasteiger partial charge < -0.3 is 14.9 Å². The van der Waals surface area contributed by atoms with E-state index < -0.39 is 0 Å². The zero-order valence-electron chi connectivity index (χ0n) is 20.5. The summed E-state index contributed by atoms with van der Waals surface area (Å²) in [4.78, 5) is 0. The van der Waals surface area contributed by atoms with E-state index in [0.29, 0.717) is 0 Å². The molecule has 0 aliphatic heterocycles. The van der Waals surface area contributed by atoms with Crippen molar-refractivity contribution in [3.63, 3.8) is 0 Å². The fraction of sp³-hybridized carbons (Fsp3) is 0.926. The first kappa shape index (κ1) is 29.4. The van der Waals surface area contributed by atoms with Crippen LogP contribution in [0.3, 0.4) is 0 Å². The largest absolute Gasteiger partial charge is 2.00 e. The summed E-state index contributed by atoms with van der Waals surface area (Å²) < 4.78 is 0. The first-order valence-corrected chi connectivity index (χ1v) is 16.9. The Morgan fingerprint density at radius 2 is 0.567 bits per heavy atom. The first-order valence-electron chi connectivity index (χ1n) is 13.1. The number of hydrogen-bond donors (Lipinski definition) is 0. The Labute approximate surface area is 203 Å². The van der Waals surface area contributed by atoms with E-state index >= 15 is 0 Å². The third-order valence-electron chi connectivity index (χ3n) is 8.93. The molecule has 0 spiro atoms. The van der Waals surface area contributed by atoms with Gasteiger partial charge in [0.1, 0.15) is 0 Å². The monoisotopic (exact) mass is 498 g/mol. The molecule has 0 aromatic carbocycles. The maximum Gasteiger partial charge on any atom is 2.00 e. The average Bonchev–Trinajstić information content (AvgIpc) is 2.77. The molecule has 0 bridgehead atoms. The van der Waals surface area contributed by atoms with Gasteiger partial charge in [-0.1, -0.05) is 25.7 Å². The molecule has 180 valence electrons. The second-order valence-corrected chi connectivity index (χ2v) is 17.6. The van der Waals surface area contributed by atoms with Gasteiger partial charge in [-0.2, -0.15) is 0 Å². The number of hydrogen-bond acceptors (Lipinski definition) is 0. The van der Waals surface area contributed by atoms with Crippen LogP contribution < -0.4 is 0 Å². The van der Waals surface area contributed by atoms with Crippen LogP contribution in [0.15, 0.2) is 0 Å². The molecule has 4 fully saturated rings. The van der Waals surface area contributed by atoms with Crippen LogP contribution in [0.1, 0.15) is 128 Å². The summed E-state index contributed by atoms with van der Waals surface area (Å²) in [6.45, 7) is 0. The van der Waals surface area contributed by atoms with Crippen molar-refractivity contribution >= 4 is 15.8 Å². The van der Waals surface area contributed by atoms with Crippen molar-refractivity contribution in [3.8, 4) is 0 Å². The molecule has 0 radical (unpaired) electrons. The van der Waals surface area contributed by atoms with Gasteiger partial charge in [-0.05, 0) is 103 Å². The molecule has 0 unspecified atom stereocenters. The summed E-state index contributed by atoms with van der Waals surface area (Å²) in [5.41, 5.74) is 4.94. The van der Waals surface area contributed by atoms with E-state index in [9.17, 15) is 0 Å². The fourth-order valence-electron chi connectivity index (χ4n) is 7.37. The van der Waals surface area contributed by atoms with Gasteiger partial charge in [0.25, 0.3) is 0 Å². The van der Waals surface area contributed by atoms with Crippen molar-refractivity contribution in [1.29, 1.82) is 0 Å². The van der Waals surface area contributed by atoms with Crippen LogP contribution in [0.25, 0.3) is 0 Å². The van der Waals surface area contributed by atoms with Crippen LogP contribution in [-0.4, -0.2) is 28.5 Å². The number of rotatable bonds is 6. The molecule has 0 nitrogen and oxygen atoms in total. The molecule has 0 N–H and O–H groups in total. The molecule has 0 amide bonds. The van der Waals surface area contributed by atoms with Gasteiger partial charge in [0.05, 0.1) is 22.6 Å². The van der Waals surface area contributed by atoms with E-state index in [1.54, 1.807) is 128 Å². The van der Waals surface area contributed by atoms with Crippen molar-refractivity contribution < 1.29 is 16.5 Å². The maximum absolute atomic E-state index is 1.86. The molecule has 4 rings (SSSR count). The molecule has 4 aliphatic carbocycles. The molecule has 4 saturated carbocycles. The topological polar surface area (TPSA) is 0 Å². The molecule has 0 aromatic rings. The summed E-state index contributed by atoms with van der Waals surface area (Å²) in [5, 5.41) is 0. The summed E-state index contributed by atoms with van der Waals surface area (Å²) >= 11 is 0. The third kappa shape index (κ3) is 8.29. The zero-order chi connectivity index (χ0) is 18.3. The van der Waals surface area contributed by atoms with E-state index in [4.69, 9.17) is 0 Å². The third-order valence-corrected chi connectivity index (χ3v) is 18.7. The van der Waals surface area contributed by atoms with Gasteiger partial charge in [0, 0.05) is 15.8 Å². The molecule has 0 aromatic heterocycles. The van der Waals surface area contributed by atoms with Crippen LogP contribution in [0, 0.1) is 14.9 Å². The van der Waals surface area contributed by atoms with Crippen LogP contribution in [0.2, 0.25) is 0 Å². The van der Waals surface area contributed by atoms with Gasteiger partial charge in [0.15, 0.2) is 5.90 Å². The summed E-state index contributed by atoms with van der Waals surface area (Å²) in [5.74, 6) is 1.86. The average molecular weight is 499 g/mol. The molecule has 0 heterocycles. The minimum absolute atomic E-state index is 0. The van der Waals surface area contributed by atoms with E-state index in [0.717, 1.165) is 0 Å². The van der Waals surface area contributed by atoms with Crippen LogP contribution in [0.4, 0.5) is 0 Å². The van der Waals surface area contributed by atoms with Crippen LogP contribution in [-0.2, 0) is 16.5 Å². The van der Waals surface area contributed by atoms with Gasteiger partial charge in [0.2, 0.25) is 0 Å². The Bertz CT molecular complexity index is 331. The molecule has 3 heteroatoms. The Kier molecular flexibility index (Phi) is 15.7. The van der Waals surface area contributed by atoms with E-state index in [2.05, 4.69) is 0 Å². The Morgan fingerprint density at radius 1 is 0.367 bits per heavy atom. The van der Waals surface area contributed by atoms with Crippen molar-refractivity contribution in [3.05, 3.63) is 14.9 Å². The quantitative estimate of drug-likeness (QED) is 0.194. The fourth-order valence-corrected chi connectivity index (χ4v) is 19.8. The van der Waals surface area contributed by atoms with Crippen LogP contribution >= 0.6 is 15.8 Å². The summed E-state index contributed by atoms with van der Waals surface area (Å²) in [7, 11) is -0.192. The van der Waals surface area contributed by atoms with Crippen LogP contribution in [0.5, 0.6) is 0 Å². The van der Waals surface area contributed by atoms with Crippen molar-refractivity contribution in [1.82, 2.24) is 0 Å². The van der Waals surface area contributed by atoms with E-state index in [1.807, 2.05) is 5.90 Å². The Balaban J connectivity index is 0.00000150. The summed E-state index contributed by atoms with van der Waals surface area (Å²) in [6.07, 6.45) is 32.1. The maximum atomic E-state index is 1.86. The van der Waals surface area contributed by atoms with Gasteiger partial charge in [-0.3, -0.25) is 0 Å². The second-order valence-electron chi connectivity index (χ2n) is 10.7. The SMILES string of the molecule is C1CCC([PH+](C[PH+](C2CCCCC2)C2CCCCC2)C2CCCCC2)CC1.[CH3-].[CH3-].[Ni+2]. The molecule has 4 aliphatic rings. The normalized spacial score (nSPS) is 25.4. The van der Waals surface area contributed by atoms with Gasteiger partial charge >= 0.3 is 16.5 Å². The molecule has 0 atom stereocenters. The minimum atomic E-state index is -0.0959. The molecule has 0 saturated heterocycles. The zero-order valence-corrected chi connectivity index (χ0v) is 23.5. The minimum Gasteiger partial charge on any atom is -0.358 e.